The highest BCUT2D eigenvalue weighted by Gasteiger charge is 2.59. The molecule has 9 atom stereocenters. The second kappa shape index (κ2) is 10.5. The molecular weight excluding hydrogens is 430 g/mol. The first-order chi connectivity index (χ1) is 16.5. The maximum absolute atomic E-state index is 12.5. The second-order valence-corrected chi connectivity index (χ2v) is 14.4. The van der Waals surface area contributed by atoms with Crippen LogP contribution in [0.4, 0.5) is 0 Å². The van der Waals surface area contributed by atoms with Gasteiger partial charge in [-0.15, -0.1) is 0 Å². The van der Waals surface area contributed by atoms with E-state index in [0.29, 0.717) is 10.8 Å². The van der Waals surface area contributed by atoms with Gasteiger partial charge >= 0.3 is 5.97 Å². The molecule has 4 aliphatic rings. The summed E-state index contributed by atoms with van der Waals surface area (Å²) in [6.45, 7) is 16.5. The standard InChI is InChI=1S/C32H55NO2/c1-20(2)9-8-10-22(5)26-13-14-27-25-12-11-23-19-24(35-30(34)29(33)21(3)4)15-17-31(23,6)28(25)16-18-32(26,27)7/h11,20-22,24-29H,8-10,12-19,33H2,1-7H3. The minimum absolute atomic E-state index is 0.0135. The summed E-state index contributed by atoms with van der Waals surface area (Å²) in [4.78, 5) is 12.5. The maximum Gasteiger partial charge on any atom is 0.323 e. The van der Waals surface area contributed by atoms with Gasteiger partial charge in [-0.2, -0.15) is 0 Å². The largest absolute Gasteiger partial charge is 0.461 e. The average molecular weight is 486 g/mol. The van der Waals surface area contributed by atoms with Crippen molar-refractivity contribution in [1.29, 1.82) is 0 Å². The van der Waals surface area contributed by atoms with Gasteiger partial charge in [0.2, 0.25) is 0 Å². The van der Waals surface area contributed by atoms with Crippen molar-refractivity contribution in [3.05, 3.63) is 11.6 Å². The fourth-order valence-corrected chi connectivity index (χ4v) is 9.27. The summed E-state index contributed by atoms with van der Waals surface area (Å²) in [6, 6.07) is -0.507. The summed E-state index contributed by atoms with van der Waals surface area (Å²) in [7, 11) is 0. The third kappa shape index (κ3) is 5.14. The molecule has 0 heterocycles. The lowest BCUT2D eigenvalue weighted by molar-refractivity contribution is -0.154. The number of allylic oxidation sites excluding steroid dienone is 1. The van der Waals surface area contributed by atoms with Crippen molar-refractivity contribution >= 4 is 5.97 Å². The van der Waals surface area contributed by atoms with Gasteiger partial charge in [-0.3, -0.25) is 4.79 Å². The van der Waals surface area contributed by atoms with E-state index < -0.39 is 6.04 Å². The van der Waals surface area contributed by atoms with Gasteiger partial charge in [-0.1, -0.05) is 79.4 Å². The van der Waals surface area contributed by atoms with Crippen molar-refractivity contribution in [3.8, 4) is 0 Å². The summed E-state index contributed by atoms with van der Waals surface area (Å²) < 4.78 is 5.91. The Morgan fingerprint density at radius 3 is 2.46 bits per heavy atom. The van der Waals surface area contributed by atoms with E-state index in [0.717, 1.165) is 54.8 Å². The SMILES string of the molecule is CC(C)CCCC(C)C1CCC2C3CC=C4CC(OC(=O)C(N)C(C)C)CCC4(C)C3CCC12C. The Morgan fingerprint density at radius 1 is 1.03 bits per heavy atom. The Morgan fingerprint density at radius 2 is 1.77 bits per heavy atom. The zero-order valence-corrected chi connectivity index (χ0v) is 23.9. The van der Waals surface area contributed by atoms with Gasteiger partial charge < -0.3 is 10.5 Å². The normalized spacial score (nSPS) is 40.5. The van der Waals surface area contributed by atoms with Crippen molar-refractivity contribution in [2.24, 2.45) is 58.0 Å². The van der Waals surface area contributed by atoms with Gasteiger partial charge in [-0.05, 0) is 97.2 Å². The number of fused-ring (bicyclic) bond motifs is 5. The Bertz CT molecular complexity index is 786. The van der Waals surface area contributed by atoms with Crippen molar-refractivity contribution in [1.82, 2.24) is 0 Å². The van der Waals surface area contributed by atoms with Crippen molar-refractivity contribution < 1.29 is 9.53 Å². The lowest BCUT2D eigenvalue weighted by Gasteiger charge is -2.58. The number of esters is 1. The van der Waals surface area contributed by atoms with Crippen LogP contribution in [0, 0.1) is 52.3 Å². The van der Waals surface area contributed by atoms with E-state index in [1.54, 1.807) is 5.57 Å². The zero-order valence-electron chi connectivity index (χ0n) is 23.9. The molecule has 0 aromatic rings. The number of hydrogen-bond acceptors (Lipinski definition) is 3. The number of carbonyl (C=O) groups excluding carboxylic acids is 1. The Labute approximate surface area is 216 Å². The lowest BCUT2D eigenvalue weighted by atomic mass is 9.47. The summed E-state index contributed by atoms with van der Waals surface area (Å²) in [5.74, 6) is 5.08. The lowest BCUT2D eigenvalue weighted by Crippen LogP contribution is -2.51. The van der Waals surface area contributed by atoms with Crippen LogP contribution in [0.5, 0.6) is 0 Å². The topological polar surface area (TPSA) is 52.3 Å². The van der Waals surface area contributed by atoms with Gasteiger partial charge in [0.05, 0.1) is 0 Å². The first kappa shape index (κ1) is 27.2. The van der Waals surface area contributed by atoms with Crippen LogP contribution in [-0.2, 0) is 9.53 Å². The molecule has 0 amide bonds. The molecule has 35 heavy (non-hydrogen) atoms. The zero-order chi connectivity index (χ0) is 25.5. The number of nitrogens with two attached hydrogens (primary N) is 1. The first-order valence-electron chi connectivity index (χ1n) is 15.1. The molecule has 3 fully saturated rings. The number of rotatable bonds is 8. The van der Waals surface area contributed by atoms with Crippen molar-refractivity contribution in [3.63, 3.8) is 0 Å². The van der Waals surface area contributed by atoms with Gasteiger partial charge in [0.1, 0.15) is 12.1 Å². The monoisotopic (exact) mass is 485 g/mol. The first-order valence-corrected chi connectivity index (χ1v) is 15.1. The molecule has 0 radical (unpaired) electrons. The molecule has 0 aromatic heterocycles. The Hall–Kier alpha value is -0.830. The summed E-state index contributed by atoms with van der Waals surface area (Å²) in [5.41, 5.74) is 8.49. The number of carbonyl (C=O) groups is 1. The second-order valence-electron chi connectivity index (χ2n) is 14.4. The fourth-order valence-electron chi connectivity index (χ4n) is 9.27. The van der Waals surface area contributed by atoms with Crippen LogP contribution in [-0.4, -0.2) is 18.1 Å². The van der Waals surface area contributed by atoms with E-state index >= 15 is 0 Å². The molecule has 0 saturated heterocycles. The van der Waals surface area contributed by atoms with Crippen LogP contribution in [0.3, 0.4) is 0 Å². The van der Waals surface area contributed by atoms with E-state index in [9.17, 15) is 4.79 Å². The van der Waals surface area contributed by atoms with E-state index in [2.05, 4.69) is 40.7 Å². The molecule has 200 valence electrons. The number of hydrogen-bond donors (Lipinski definition) is 1. The van der Waals surface area contributed by atoms with Crippen molar-refractivity contribution in [2.75, 3.05) is 0 Å². The highest BCUT2D eigenvalue weighted by molar-refractivity contribution is 5.76. The smallest absolute Gasteiger partial charge is 0.323 e. The molecule has 2 N–H and O–H groups in total. The molecule has 3 heteroatoms. The molecular formula is C32H55NO2. The minimum Gasteiger partial charge on any atom is -0.461 e. The van der Waals surface area contributed by atoms with Crippen LogP contribution in [0.2, 0.25) is 0 Å². The summed E-state index contributed by atoms with van der Waals surface area (Å²) >= 11 is 0. The predicted molar refractivity (Wildman–Crippen MR) is 146 cm³/mol. The quantitative estimate of drug-likeness (QED) is 0.280. The molecule has 4 rings (SSSR count). The van der Waals surface area contributed by atoms with E-state index in [1.807, 2.05) is 13.8 Å². The van der Waals surface area contributed by atoms with Gasteiger partial charge in [0.25, 0.3) is 0 Å². The predicted octanol–water partition coefficient (Wildman–Crippen LogP) is 7.92. The van der Waals surface area contributed by atoms with Crippen LogP contribution >= 0.6 is 0 Å². The minimum atomic E-state index is -0.507. The fraction of sp³-hybridized carbons (Fsp3) is 0.906. The Kier molecular flexibility index (Phi) is 8.17. The molecule has 0 spiro atoms. The van der Waals surface area contributed by atoms with E-state index in [4.69, 9.17) is 10.5 Å². The third-order valence-corrected chi connectivity index (χ3v) is 11.5. The third-order valence-electron chi connectivity index (χ3n) is 11.5. The van der Waals surface area contributed by atoms with Crippen LogP contribution in [0.25, 0.3) is 0 Å². The van der Waals surface area contributed by atoms with E-state index in [-0.39, 0.29) is 18.0 Å². The molecule has 3 saturated carbocycles. The number of ether oxygens (including phenoxy) is 1. The van der Waals surface area contributed by atoms with Gasteiger partial charge in [0.15, 0.2) is 0 Å². The highest BCUT2D eigenvalue weighted by atomic mass is 16.5. The molecule has 0 bridgehead atoms. The molecule has 9 unspecified atom stereocenters. The molecule has 4 aliphatic carbocycles. The summed E-state index contributed by atoms with van der Waals surface area (Å²) in [5, 5.41) is 0. The summed E-state index contributed by atoms with van der Waals surface area (Å²) in [6.07, 6.45) is 16.8. The van der Waals surface area contributed by atoms with Crippen molar-refractivity contribution in [2.45, 2.75) is 131 Å². The average Bonchev–Trinajstić information content (AvgIpc) is 3.15. The van der Waals surface area contributed by atoms with Crippen LogP contribution < -0.4 is 5.73 Å². The van der Waals surface area contributed by atoms with Crippen LogP contribution in [0.15, 0.2) is 11.6 Å². The van der Waals surface area contributed by atoms with Gasteiger partial charge in [0, 0.05) is 6.42 Å². The Balaban J connectivity index is 1.43. The molecule has 3 nitrogen and oxygen atoms in total. The molecule has 0 aliphatic heterocycles. The highest BCUT2D eigenvalue weighted by Crippen LogP contribution is 2.67. The van der Waals surface area contributed by atoms with Gasteiger partial charge in [-0.25, -0.2) is 0 Å². The van der Waals surface area contributed by atoms with Crippen LogP contribution in [0.1, 0.15) is 119 Å². The molecule has 0 aromatic carbocycles. The maximum atomic E-state index is 12.5. The van der Waals surface area contributed by atoms with E-state index in [1.165, 1.54) is 51.4 Å².